The van der Waals surface area contributed by atoms with Crippen LogP contribution < -0.4 is 0 Å². The maximum Gasteiger partial charge on any atom is 0.508 e. The van der Waals surface area contributed by atoms with E-state index in [1.165, 1.54) is 0 Å². The minimum absolute atomic E-state index is 0.0427. The Morgan fingerprint density at radius 3 is 1.11 bits per heavy atom. The van der Waals surface area contributed by atoms with Crippen molar-refractivity contribution in [1.29, 1.82) is 0 Å². The summed E-state index contributed by atoms with van der Waals surface area (Å²) in [6, 6.07) is 0. The van der Waals surface area contributed by atoms with Crippen LogP contribution in [0.15, 0.2) is 0 Å². The molecule has 3 spiro atoms. The third kappa shape index (κ3) is 33.1. The van der Waals surface area contributed by atoms with E-state index in [9.17, 15) is 82.8 Å². The predicted octanol–water partition coefficient (Wildman–Crippen LogP) is 16.4. The summed E-state index contributed by atoms with van der Waals surface area (Å²) in [5.74, 6) is -1.47. The molecule has 0 aromatic heterocycles. The zero-order chi connectivity index (χ0) is 99.9. The molecule has 3 saturated carbocycles. The van der Waals surface area contributed by atoms with Gasteiger partial charge in [-0.1, -0.05) is 76.2 Å². The van der Waals surface area contributed by atoms with Gasteiger partial charge in [-0.2, -0.15) is 0 Å². The van der Waals surface area contributed by atoms with Crippen molar-refractivity contribution < 1.29 is 159 Å². The van der Waals surface area contributed by atoms with Crippen LogP contribution in [-0.2, 0) is 124 Å². The summed E-state index contributed by atoms with van der Waals surface area (Å²) in [6.45, 7) is 54.9. The number of ether oxygens (including phenoxy) is 16. The number of aliphatic hydroxyl groups is 4. The first-order valence-electron chi connectivity index (χ1n) is 47.6. The van der Waals surface area contributed by atoms with E-state index in [1.807, 2.05) is 138 Å². The van der Waals surface area contributed by atoms with E-state index in [-0.39, 0.29) is 138 Å². The molecule has 0 bridgehead atoms. The minimum Gasteiger partial charge on any atom is -0.465 e. The molecule has 11 rings (SSSR count). The molecule has 0 radical (unpaired) electrons. The molecule has 0 aromatic rings. The number of hydrogen-bond donors (Lipinski definition) is 4. The van der Waals surface area contributed by atoms with Crippen LogP contribution in [0.2, 0.25) is 0 Å². The highest BCUT2D eigenvalue weighted by molar-refractivity contribution is 5.87. The van der Waals surface area contributed by atoms with Gasteiger partial charge in [-0.15, -0.1) is 0 Å². The second kappa shape index (κ2) is 48.2. The Morgan fingerprint density at radius 1 is 0.397 bits per heavy atom. The first-order chi connectivity index (χ1) is 60.3. The van der Waals surface area contributed by atoms with Gasteiger partial charge in [-0.3, -0.25) is 43.2 Å². The smallest absolute Gasteiger partial charge is 0.465 e. The molecule has 0 aromatic carbocycles. The second-order valence-corrected chi connectivity index (χ2v) is 43.0. The average Bonchev–Trinajstić information content (AvgIpc) is 1.60. The fourth-order valence-electron chi connectivity index (χ4n) is 15.9. The summed E-state index contributed by atoms with van der Waals surface area (Å²) in [4.78, 5) is 149. The number of carbonyl (C=O) groups excluding carboxylic acids is 13. The Hall–Kier alpha value is -7.65. The lowest BCUT2D eigenvalue weighted by Crippen LogP contribution is -2.43. The lowest BCUT2D eigenvalue weighted by Gasteiger charge is -2.37. The number of cyclic esters (lactones) is 8. The zero-order valence-electron chi connectivity index (χ0n) is 84.2. The third-order valence-corrected chi connectivity index (χ3v) is 28.9. The van der Waals surface area contributed by atoms with E-state index in [0.717, 1.165) is 89.9 Å². The molecule has 8 aliphatic heterocycles. The highest BCUT2D eigenvalue weighted by Gasteiger charge is 2.61. The first-order valence-corrected chi connectivity index (χ1v) is 47.6. The van der Waals surface area contributed by atoms with Crippen molar-refractivity contribution >= 4 is 78.2 Å². The van der Waals surface area contributed by atoms with Crippen LogP contribution in [-0.4, -0.2) is 221 Å². The van der Waals surface area contributed by atoms with Crippen molar-refractivity contribution in [3.8, 4) is 0 Å². The highest BCUT2D eigenvalue weighted by atomic mass is 16.8. The van der Waals surface area contributed by atoms with Crippen LogP contribution >= 0.6 is 0 Å². The molecule has 14 unspecified atom stereocenters. The summed E-state index contributed by atoms with van der Waals surface area (Å²) in [5, 5.41) is 38.6. The Kier molecular flexibility index (Phi) is 42.6. The van der Waals surface area contributed by atoms with E-state index in [2.05, 4.69) is 37.2 Å². The molecule has 8 heterocycles. The largest absolute Gasteiger partial charge is 0.508 e. The topological polar surface area (TPSA) is 451 Å². The summed E-state index contributed by atoms with van der Waals surface area (Å²) in [7, 11) is 0. The van der Waals surface area contributed by atoms with E-state index >= 15 is 0 Å². The fraction of sp³-hybridized carbons (Fsp3) is 0.867. The van der Waals surface area contributed by atoms with Crippen molar-refractivity contribution in [3.05, 3.63) is 0 Å². The number of unbranched alkanes of at least 4 members (excludes halogenated alkanes) is 2. The quantitative estimate of drug-likeness (QED) is 0.0337. The van der Waals surface area contributed by atoms with Crippen LogP contribution in [0.4, 0.5) is 14.4 Å². The molecule has 131 heavy (non-hydrogen) atoms. The molecule has 3 aliphatic carbocycles. The van der Waals surface area contributed by atoms with Crippen LogP contribution in [0.1, 0.15) is 361 Å². The Bertz CT molecular complexity index is 3800. The summed E-state index contributed by atoms with van der Waals surface area (Å²) < 4.78 is 81.4. The molecule has 4 N–H and O–H groups in total. The Morgan fingerprint density at radius 2 is 0.748 bits per heavy atom. The summed E-state index contributed by atoms with van der Waals surface area (Å²) >= 11 is 0. The van der Waals surface area contributed by atoms with Crippen molar-refractivity contribution in [2.75, 3.05) is 39.6 Å². The van der Waals surface area contributed by atoms with Crippen molar-refractivity contribution in [1.82, 2.24) is 0 Å². The Balaban J connectivity index is 0.000000314. The number of hydrogen-bond acceptors (Lipinski definition) is 33. The fourth-order valence-corrected chi connectivity index (χ4v) is 15.9. The predicted molar refractivity (Wildman–Crippen MR) is 478 cm³/mol. The number of esters is 10. The molecule has 11 aliphatic rings. The monoisotopic (exact) mass is 1870 g/mol. The summed E-state index contributed by atoms with van der Waals surface area (Å²) in [5.41, 5.74) is -6.77. The third-order valence-electron chi connectivity index (χ3n) is 28.9. The van der Waals surface area contributed by atoms with Crippen molar-refractivity contribution in [3.63, 3.8) is 0 Å². The lowest BCUT2D eigenvalue weighted by molar-refractivity contribution is -0.178. The van der Waals surface area contributed by atoms with Crippen LogP contribution in [0, 0.1) is 61.1 Å². The van der Waals surface area contributed by atoms with Gasteiger partial charge in [0.15, 0.2) is 11.7 Å². The standard InChI is InChI=1S/C14H24O5.C13H22O4.C13H22O3.C12H20O5.2C12H20O4.C12H20O3.C10H16O5/c1-4-14(2,3)12(15)17-9-7-5-6-8-11-10-18-13(16)19-11;1-8(2)12(3)7-13(17-11(12)16)5-9(14)4-10(15)6-13;1-9(2)12(3)8-13(16-11(12)15)6-4-10(14)5-7-13;1-4-12(2,3)10(13)15-7-5-6-9-8-16-11(14)17-9;1-6-11(3,4)10(14)16-12(5)7-9(13)15-8(12)2;1-6-11(3,4)9(13)16-12(5)7-8(2)15-10(12)14;1-8(2)11(3)7-12(15-10(11)14)5-4-9(13)6-12;1-4-10(2,3)8(11)13-5-7-6-14-9(12)15-7/h11H,4-10H2,1-3H3;8-10,14-15H,4-7H2,1-3H3;9-10,14H,4-8H2,1-3H3;9H,4-8H2,1-3H3;2*8H,6-7H2,1-5H3;8-9,13H,4-7H2,1-3H3;7H,4-6H2,1-3H3. The molecular formula is C98H164O33. The van der Waals surface area contributed by atoms with E-state index < -0.39 is 92.0 Å². The van der Waals surface area contributed by atoms with E-state index in [4.69, 9.17) is 66.3 Å². The molecule has 33 heteroatoms. The van der Waals surface area contributed by atoms with Gasteiger partial charge in [-0.25, -0.2) is 19.2 Å². The SMILES string of the molecule is CC(C)C1(C)CC2(CC(O)CC(O)C2)OC1=O.CC(C)C1(C)CC2(CCC(O)C2)OC1=O.CC(C)C1(C)CC2(CCC(O)CC2)OC1=O.CCC(C)(C)C(=O)OC1(C)CC(=O)OC1C.CCC(C)(C)C(=O)OC1(C)CC(C)OC1=O.CCC(C)(C)C(=O)OCC1COC(=O)O1.CCC(C)(C)C(=O)OCCCC1COC(=O)O1.CCC(C)(C)C(=O)OCCCCCC1COC(=O)O1. The second-order valence-electron chi connectivity index (χ2n) is 43.0. The van der Waals surface area contributed by atoms with Crippen LogP contribution in [0.5, 0.6) is 0 Å². The molecule has 33 nitrogen and oxygen atoms in total. The van der Waals surface area contributed by atoms with Gasteiger partial charge >= 0.3 is 78.2 Å². The van der Waals surface area contributed by atoms with E-state index in [1.54, 1.807) is 27.7 Å². The van der Waals surface area contributed by atoms with Crippen LogP contribution in [0.25, 0.3) is 0 Å². The molecule has 14 atom stereocenters. The van der Waals surface area contributed by atoms with Gasteiger partial charge < -0.3 is 96.2 Å². The minimum atomic E-state index is -1.11. The maximum absolute atomic E-state index is 12.0. The van der Waals surface area contributed by atoms with Crippen molar-refractivity contribution in [2.45, 2.75) is 444 Å². The number of rotatable bonds is 27. The van der Waals surface area contributed by atoms with Gasteiger partial charge in [0, 0.05) is 44.9 Å². The van der Waals surface area contributed by atoms with Gasteiger partial charge in [0.25, 0.3) is 0 Å². The van der Waals surface area contributed by atoms with Crippen molar-refractivity contribution in [2.24, 2.45) is 61.1 Å². The summed E-state index contributed by atoms with van der Waals surface area (Å²) in [6.07, 6.45) is 13.1. The van der Waals surface area contributed by atoms with Gasteiger partial charge in [-0.05, 0) is 251 Å². The molecular weight excluding hydrogens is 1710 g/mol. The number of carbonyl (C=O) groups is 13. The molecule has 754 valence electrons. The normalized spacial score (nSPS) is 31.6. The zero-order valence-corrected chi connectivity index (χ0v) is 84.2. The van der Waals surface area contributed by atoms with Gasteiger partial charge in [0.2, 0.25) is 5.60 Å². The number of aliphatic hydroxyl groups excluding tert-OH is 4. The molecule has 0 amide bonds. The van der Waals surface area contributed by atoms with Gasteiger partial charge in [0.1, 0.15) is 67.6 Å². The maximum atomic E-state index is 12.0. The first kappa shape index (κ1) is 116. The highest BCUT2D eigenvalue weighted by Crippen LogP contribution is 2.55. The average molecular weight is 1870 g/mol. The molecule has 11 fully saturated rings. The Labute approximate surface area is 777 Å². The van der Waals surface area contributed by atoms with Crippen LogP contribution in [0.3, 0.4) is 0 Å². The van der Waals surface area contributed by atoms with Gasteiger partial charge in [0.05, 0.1) is 87.4 Å². The lowest BCUT2D eigenvalue weighted by atomic mass is 9.69. The molecule has 8 saturated heterocycles. The van der Waals surface area contributed by atoms with E-state index in [0.29, 0.717) is 109 Å².